The molecule has 0 spiro atoms. The van der Waals surface area contributed by atoms with E-state index >= 15 is 0 Å². The van der Waals surface area contributed by atoms with Crippen LogP contribution in [0.5, 0.6) is 0 Å². The quantitative estimate of drug-likeness (QED) is 0.728. The molecule has 0 bridgehead atoms. The number of benzene rings is 2. The van der Waals surface area contributed by atoms with E-state index in [1.807, 2.05) is 6.07 Å². The number of fused-ring (bicyclic) bond motifs is 1. The Balaban J connectivity index is 1.87. The highest BCUT2D eigenvalue weighted by molar-refractivity contribution is 7.22. The van der Waals surface area contributed by atoms with Gasteiger partial charge in [0.1, 0.15) is 5.52 Å². The first-order valence-corrected chi connectivity index (χ1v) is 7.72. The minimum atomic E-state index is -0.300. The van der Waals surface area contributed by atoms with E-state index in [4.69, 9.17) is 28.5 Å². The third-order valence-electron chi connectivity index (χ3n) is 2.95. The molecule has 1 heterocycles. The number of hydrogen-bond acceptors (Lipinski definition) is 4. The van der Waals surface area contributed by atoms with Crippen LogP contribution in [0.1, 0.15) is 15.9 Å². The van der Waals surface area contributed by atoms with Crippen molar-refractivity contribution < 1.29 is 4.79 Å². The molecule has 2 aromatic carbocycles. The lowest BCUT2D eigenvalue weighted by atomic mass is 10.1. The van der Waals surface area contributed by atoms with Crippen molar-refractivity contribution in [2.75, 3.05) is 5.32 Å². The molecule has 0 unspecified atom stereocenters. The van der Waals surface area contributed by atoms with Gasteiger partial charge in [-0.3, -0.25) is 10.1 Å². The van der Waals surface area contributed by atoms with Crippen molar-refractivity contribution in [3.8, 4) is 6.07 Å². The number of nitrogens with one attached hydrogen (secondary N) is 1. The summed E-state index contributed by atoms with van der Waals surface area (Å²) in [6.45, 7) is 0. The van der Waals surface area contributed by atoms with Crippen molar-refractivity contribution in [2.24, 2.45) is 0 Å². The van der Waals surface area contributed by atoms with Gasteiger partial charge in [-0.1, -0.05) is 34.5 Å². The molecule has 0 aliphatic heterocycles. The van der Waals surface area contributed by atoms with Crippen molar-refractivity contribution in [1.82, 2.24) is 4.98 Å². The maximum absolute atomic E-state index is 12.2. The summed E-state index contributed by atoms with van der Waals surface area (Å²) in [4.78, 5) is 16.4. The van der Waals surface area contributed by atoms with E-state index in [0.29, 0.717) is 31.8 Å². The number of hydrogen-bond donors (Lipinski definition) is 1. The van der Waals surface area contributed by atoms with Crippen LogP contribution < -0.4 is 5.32 Å². The van der Waals surface area contributed by atoms with Crippen molar-refractivity contribution in [3.63, 3.8) is 0 Å². The number of nitrogens with zero attached hydrogens (tertiary/aromatic N) is 2. The molecule has 0 atom stereocenters. The van der Waals surface area contributed by atoms with E-state index < -0.39 is 0 Å². The lowest BCUT2D eigenvalue weighted by Gasteiger charge is -2.01. The molecular weight excluding hydrogens is 341 g/mol. The molecule has 108 valence electrons. The van der Waals surface area contributed by atoms with E-state index in [1.165, 1.54) is 11.3 Å². The summed E-state index contributed by atoms with van der Waals surface area (Å²) < 4.78 is 0.838. The van der Waals surface area contributed by atoms with Gasteiger partial charge in [-0.05, 0) is 36.4 Å². The molecule has 0 saturated carbocycles. The molecular formula is C15H7Cl2N3OS. The van der Waals surface area contributed by atoms with E-state index in [9.17, 15) is 4.79 Å². The summed E-state index contributed by atoms with van der Waals surface area (Å²) in [5, 5.41) is 12.7. The third kappa shape index (κ3) is 2.77. The minimum absolute atomic E-state index is 0.300. The van der Waals surface area contributed by atoms with Crippen LogP contribution in [-0.2, 0) is 0 Å². The molecule has 1 amide bonds. The maximum atomic E-state index is 12.2. The molecule has 3 rings (SSSR count). The largest absolute Gasteiger partial charge is 0.298 e. The van der Waals surface area contributed by atoms with E-state index in [-0.39, 0.29) is 5.91 Å². The van der Waals surface area contributed by atoms with Gasteiger partial charge in [0.15, 0.2) is 5.13 Å². The fraction of sp³-hybridized carbons (Fsp3) is 0. The van der Waals surface area contributed by atoms with Gasteiger partial charge in [0, 0.05) is 5.56 Å². The van der Waals surface area contributed by atoms with E-state index in [1.54, 1.807) is 36.4 Å². The first-order valence-electron chi connectivity index (χ1n) is 6.14. The van der Waals surface area contributed by atoms with Crippen LogP contribution in [0.2, 0.25) is 10.0 Å². The van der Waals surface area contributed by atoms with Gasteiger partial charge in [0.25, 0.3) is 5.91 Å². The van der Waals surface area contributed by atoms with Crippen molar-refractivity contribution in [3.05, 3.63) is 57.6 Å². The average Bonchev–Trinajstić information content (AvgIpc) is 2.94. The van der Waals surface area contributed by atoms with Gasteiger partial charge in [-0.25, -0.2) is 4.98 Å². The highest BCUT2D eigenvalue weighted by Gasteiger charge is 2.13. The number of amides is 1. The molecule has 4 nitrogen and oxygen atoms in total. The van der Waals surface area contributed by atoms with Crippen LogP contribution in [0.25, 0.3) is 10.2 Å². The number of carbonyl (C=O) groups is 1. The number of anilines is 1. The van der Waals surface area contributed by atoms with Crippen LogP contribution in [-0.4, -0.2) is 10.9 Å². The zero-order valence-electron chi connectivity index (χ0n) is 10.9. The molecule has 7 heteroatoms. The highest BCUT2D eigenvalue weighted by atomic mass is 35.5. The molecule has 1 aromatic heterocycles. The number of carbonyl (C=O) groups excluding carboxylic acids is 1. The maximum Gasteiger partial charge on any atom is 0.257 e. The van der Waals surface area contributed by atoms with E-state index in [2.05, 4.69) is 10.3 Å². The van der Waals surface area contributed by atoms with Crippen molar-refractivity contribution >= 4 is 55.8 Å². The molecule has 3 aromatic rings. The summed E-state index contributed by atoms with van der Waals surface area (Å²) in [5.41, 5.74) is 1.51. The predicted molar refractivity (Wildman–Crippen MR) is 88.8 cm³/mol. The SMILES string of the molecule is N#Cc1ccc(C(=O)Nc2nc3c(Cl)c(Cl)ccc3s2)cc1. The smallest absolute Gasteiger partial charge is 0.257 e. The number of halogens is 2. The summed E-state index contributed by atoms with van der Waals surface area (Å²) >= 11 is 13.4. The Hall–Kier alpha value is -2.13. The fourth-order valence-corrected chi connectivity index (χ4v) is 3.14. The van der Waals surface area contributed by atoms with E-state index in [0.717, 1.165) is 4.70 Å². The average molecular weight is 348 g/mol. The number of aromatic nitrogens is 1. The second-order valence-electron chi connectivity index (χ2n) is 4.37. The number of rotatable bonds is 2. The van der Waals surface area contributed by atoms with Gasteiger partial charge < -0.3 is 0 Å². The Labute approximate surface area is 139 Å². The Morgan fingerprint density at radius 3 is 2.59 bits per heavy atom. The zero-order valence-corrected chi connectivity index (χ0v) is 13.3. The lowest BCUT2D eigenvalue weighted by Crippen LogP contribution is -2.11. The Morgan fingerprint density at radius 2 is 1.91 bits per heavy atom. The van der Waals surface area contributed by atoms with Crippen molar-refractivity contribution in [1.29, 1.82) is 5.26 Å². The minimum Gasteiger partial charge on any atom is -0.298 e. The second-order valence-corrected chi connectivity index (χ2v) is 6.19. The highest BCUT2D eigenvalue weighted by Crippen LogP contribution is 2.35. The predicted octanol–water partition coefficient (Wildman–Crippen LogP) is 4.73. The lowest BCUT2D eigenvalue weighted by molar-refractivity contribution is 0.102. The van der Waals surface area contributed by atoms with Crippen LogP contribution in [0, 0.1) is 11.3 Å². The Kier molecular flexibility index (Phi) is 3.99. The van der Waals surface area contributed by atoms with Gasteiger partial charge in [0.2, 0.25) is 0 Å². The Bertz CT molecular complexity index is 913. The van der Waals surface area contributed by atoms with Crippen LogP contribution in [0.4, 0.5) is 5.13 Å². The fourth-order valence-electron chi connectivity index (χ4n) is 1.86. The summed E-state index contributed by atoms with van der Waals surface area (Å²) in [6.07, 6.45) is 0. The van der Waals surface area contributed by atoms with Gasteiger partial charge in [0.05, 0.1) is 26.4 Å². The van der Waals surface area contributed by atoms with Crippen LogP contribution >= 0.6 is 34.5 Å². The summed E-state index contributed by atoms with van der Waals surface area (Å²) in [6, 6.07) is 11.8. The molecule has 0 aliphatic carbocycles. The monoisotopic (exact) mass is 347 g/mol. The van der Waals surface area contributed by atoms with Crippen molar-refractivity contribution in [2.45, 2.75) is 0 Å². The molecule has 0 radical (unpaired) electrons. The third-order valence-corrected chi connectivity index (χ3v) is 4.68. The molecule has 0 aliphatic rings. The van der Waals surface area contributed by atoms with Gasteiger partial charge >= 0.3 is 0 Å². The van der Waals surface area contributed by atoms with Gasteiger partial charge in [-0.15, -0.1) is 0 Å². The summed E-state index contributed by atoms with van der Waals surface area (Å²) in [7, 11) is 0. The standard InChI is InChI=1S/C15H7Cl2N3OS/c16-10-5-6-11-13(12(10)17)19-15(22-11)20-14(21)9-3-1-8(7-18)2-4-9/h1-6H,(H,19,20,21). The first kappa shape index (κ1) is 14.8. The summed E-state index contributed by atoms with van der Waals surface area (Å²) in [5.74, 6) is -0.300. The Morgan fingerprint density at radius 1 is 1.18 bits per heavy atom. The zero-order chi connectivity index (χ0) is 15.7. The number of thiazole rings is 1. The molecule has 0 saturated heterocycles. The topological polar surface area (TPSA) is 65.8 Å². The molecule has 22 heavy (non-hydrogen) atoms. The second kappa shape index (κ2) is 5.93. The molecule has 1 N–H and O–H groups in total. The van der Waals surface area contributed by atoms with Crippen LogP contribution in [0.15, 0.2) is 36.4 Å². The first-order chi connectivity index (χ1) is 10.6. The van der Waals surface area contributed by atoms with Gasteiger partial charge in [-0.2, -0.15) is 5.26 Å². The van der Waals surface area contributed by atoms with Crippen LogP contribution in [0.3, 0.4) is 0 Å². The molecule has 0 fully saturated rings. The number of nitriles is 1. The normalized spacial score (nSPS) is 10.4.